The molecule has 3 aromatic rings. The number of carbonyl (C=O) groups is 1. The summed E-state index contributed by atoms with van der Waals surface area (Å²) in [6.07, 6.45) is 1.88. The maximum Gasteiger partial charge on any atom is 0.347 e. The van der Waals surface area contributed by atoms with Gasteiger partial charge < -0.3 is 24.7 Å². The summed E-state index contributed by atoms with van der Waals surface area (Å²) in [5, 5.41) is 9.85. The highest BCUT2D eigenvalue weighted by Gasteiger charge is 2.33. The molecule has 0 aromatic heterocycles. The number of hydrogen-bond acceptors (Lipinski definition) is 7. The molecular weight excluding hydrogens is 456 g/mol. The first kappa shape index (κ1) is 24.7. The quantitative estimate of drug-likeness (QED) is 0.236. The molecule has 0 amide bonds. The van der Waals surface area contributed by atoms with Crippen molar-refractivity contribution in [3.05, 3.63) is 94.9 Å². The SMILES string of the molecule is CCCCOc1ccccc1C(=O)Oc1ccc2c(c1)OC(N)=C(C#N)C2c1ccccc1OCC. The Bertz CT molecular complexity index is 1330. The van der Waals surface area contributed by atoms with Crippen LogP contribution in [0.5, 0.6) is 23.0 Å². The number of unbranched alkanes of at least 4 members (excludes halogenated alkanes) is 1. The summed E-state index contributed by atoms with van der Waals surface area (Å²) in [6.45, 7) is 4.97. The number of ether oxygens (including phenoxy) is 4. The minimum absolute atomic E-state index is 0.000511. The first-order chi connectivity index (χ1) is 17.6. The van der Waals surface area contributed by atoms with E-state index in [1.54, 1.807) is 36.4 Å². The first-order valence-electron chi connectivity index (χ1n) is 11.9. The molecule has 7 nitrogen and oxygen atoms in total. The molecule has 1 atom stereocenters. The van der Waals surface area contributed by atoms with E-state index in [4.69, 9.17) is 24.7 Å². The molecule has 0 spiro atoms. The van der Waals surface area contributed by atoms with Crippen LogP contribution in [0.25, 0.3) is 0 Å². The van der Waals surface area contributed by atoms with Crippen LogP contribution >= 0.6 is 0 Å². The normalized spacial score (nSPS) is 14.3. The second-order valence-corrected chi connectivity index (χ2v) is 8.18. The Balaban J connectivity index is 1.65. The fraction of sp³-hybridized carbons (Fsp3) is 0.241. The van der Waals surface area contributed by atoms with Crippen LogP contribution in [0.1, 0.15) is 54.1 Å². The van der Waals surface area contributed by atoms with E-state index in [-0.39, 0.29) is 17.2 Å². The summed E-state index contributed by atoms with van der Waals surface area (Å²) < 4.78 is 23.0. The average Bonchev–Trinajstić information content (AvgIpc) is 2.89. The van der Waals surface area contributed by atoms with Crippen molar-refractivity contribution in [2.45, 2.75) is 32.6 Å². The van der Waals surface area contributed by atoms with Gasteiger partial charge in [-0.3, -0.25) is 0 Å². The van der Waals surface area contributed by atoms with E-state index in [1.807, 2.05) is 37.3 Å². The third-order valence-corrected chi connectivity index (χ3v) is 5.79. The van der Waals surface area contributed by atoms with Crippen molar-refractivity contribution in [1.82, 2.24) is 0 Å². The number of esters is 1. The Morgan fingerprint density at radius 3 is 2.50 bits per heavy atom. The van der Waals surface area contributed by atoms with Crippen LogP contribution in [0.3, 0.4) is 0 Å². The molecule has 1 unspecified atom stereocenters. The smallest absolute Gasteiger partial charge is 0.347 e. The Kier molecular flexibility index (Phi) is 7.76. The van der Waals surface area contributed by atoms with Crippen molar-refractivity contribution in [2.24, 2.45) is 5.73 Å². The van der Waals surface area contributed by atoms with Crippen LogP contribution < -0.4 is 24.7 Å². The van der Waals surface area contributed by atoms with Crippen molar-refractivity contribution in [3.63, 3.8) is 0 Å². The zero-order valence-corrected chi connectivity index (χ0v) is 20.3. The van der Waals surface area contributed by atoms with Gasteiger partial charge in [-0.1, -0.05) is 49.7 Å². The number of rotatable bonds is 9. The van der Waals surface area contributed by atoms with Gasteiger partial charge in [0.15, 0.2) is 0 Å². The average molecular weight is 485 g/mol. The van der Waals surface area contributed by atoms with Crippen LogP contribution in [0.4, 0.5) is 0 Å². The fourth-order valence-electron chi connectivity index (χ4n) is 4.07. The summed E-state index contributed by atoms with van der Waals surface area (Å²) in [6, 6.07) is 21.7. The van der Waals surface area contributed by atoms with Gasteiger partial charge in [-0.05, 0) is 37.6 Å². The van der Waals surface area contributed by atoms with Crippen LogP contribution in [0.15, 0.2) is 78.2 Å². The highest BCUT2D eigenvalue weighted by Crippen LogP contribution is 2.46. The van der Waals surface area contributed by atoms with Gasteiger partial charge in [0.25, 0.3) is 0 Å². The maximum absolute atomic E-state index is 13.0. The number of nitrogens with zero attached hydrogens (tertiary/aromatic N) is 1. The topological polar surface area (TPSA) is 104 Å². The second-order valence-electron chi connectivity index (χ2n) is 8.18. The predicted octanol–water partition coefficient (Wildman–Crippen LogP) is 5.70. The molecule has 36 heavy (non-hydrogen) atoms. The Morgan fingerprint density at radius 2 is 1.75 bits per heavy atom. The van der Waals surface area contributed by atoms with E-state index in [0.29, 0.717) is 36.0 Å². The van der Waals surface area contributed by atoms with Crippen molar-refractivity contribution < 1.29 is 23.7 Å². The van der Waals surface area contributed by atoms with Crippen molar-refractivity contribution in [2.75, 3.05) is 13.2 Å². The third-order valence-electron chi connectivity index (χ3n) is 5.79. The van der Waals surface area contributed by atoms with E-state index in [1.165, 1.54) is 0 Å². The van der Waals surface area contributed by atoms with Gasteiger partial charge in [0.2, 0.25) is 5.88 Å². The molecule has 0 bridgehead atoms. The summed E-state index contributed by atoms with van der Waals surface area (Å²) in [5.41, 5.74) is 8.29. The van der Waals surface area contributed by atoms with Crippen molar-refractivity contribution in [3.8, 4) is 29.1 Å². The lowest BCUT2D eigenvalue weighted by molar-refractivity contribution is 0.0730. The van der Waals surface area contributed by atoms with Gasteiger partial charge in [0.1, 0.15) is 40.2 Å². The van der Waals surface area contributed by atoms with E-state index in [2.05, 4.69) is 13.0 Å². The number of allylic oxidation sites excluding steroid dienone is 1. The number of nitriles is 1. The molecule has 2 N–H and O–H groups in total. The number of para-hydroxylation sites is 2. The highest BCUT2D eigenvalue weighted by molar-refractivity contribution is 5.94. The van der Waals surface area contributed by atoms with Crippen LogP contribution in [0.2, 0.25) is 0 Å². The predicted molar refractivity (Wildman–Crippen MR) is 135 cm³/mol. The maximum atomic E-state index is 13.0. The molecule has 4 rings (SSSR count). The summed E-state index contributed by atoms with van der Waals surface area (Å²) in [5.74, 6) is 0.792. The van der Waals surface area contributed by atoms with E-state index in [0.717, 1.165) is 24.0 Å². The lowest BCUT2D eigenvalue weighted by atomic mass is 9.83. The molecule has 1 aliphatic heterocycles. The van der Waals surface area contributed by atoms with Gasteiger partial charge in [-0.15, -0.1) is 0 Å². The molecule has 3 aromatic carbocycles. The molecule has 7 heteroatoms. The molecule has 0 fully saturated rings. The standard InChI is InChI=1S/C29H28N2O5/c1-3-5-16-34-25-13-9-7-11-22(25)29(32)35-19-14-15-21-26(17-19)36-28(31)23(18-30)27(21)20-10-6-8-12-24(20)33-4-2/h6-15,17,27H,3-5,16,31H2,1-2H3. The van der Waals surface area contributed by atoms with E-state index in [9.17, 15) is 10.1 Å². The minimum atomic E-state index is -0.544. The molecule has 1 aliphatic rings. The van der Waals surface area contributed by atoms with Gasteiger partial charge in [-0.25, -0.2) is 4.79 Å². The van der Waals surface area contributed by atoms with Gasteiger partial charge in [0, 0.05) is 17.2 Å². The van der Waals surface area contributed by atoms with Crippen LogP contribution in [0, 0.1) is 11.3 Å². The molecule has 0 aliphatic carbocycles. The van der Waals surface area contributed by atoms with Gasteiger partial charge in [-0.2, -0.15) is 5.26 Å². The Labute approximate surface area is 210 Å². The third kappa shape index (κ3) is 5.13. The summed E-state index contributed by atoms with van der Waals surface area (Å²) in [7, 11) is 0. The van der Waals surface area contributed by atoms with Crippen molar-refractivity contribution in [1.29, 1.82) is 5.26 Å². The first-order valence-corrected chi connectivity index (χ1v) is 11.9. The second kappa shape index (κ2) is 11.3. The number of fused-ring (bicyclic) bond motifs is 1. The zero-order chi connectivity index (χ0) is 25.5. The highest BCUT2D eigenvalue weighted by atomic mass is 16.5. The summed E-state index contributed by atoms with van der Waals surface area (Å²) in [4.78, 5) is 13.0. The Morgan fingerprint density at radius 1 is 1.00 bits per heavy atom. The number of hydrogen-bond donors (Lipinski definition) is 1. The molecular formula is C29H28N2O5. The van der Waals surface area contributed by atoms with Gasteiger partial charge >= 0.3 is 5.97 Å². The van der Waals surface area contributed by atoms with Crippen LogP contribution in [-0.2, 0) is 0 Å². The lowest BCUT2D eigenvalue weighted by Crippen LogP contribution is -2.21. The lowest BCUT2D eigenvalue weighted by Gasteiger charge is -2.27. The number of nitrogens with two attached hydrogens (primary N) is 1. The van der Waals surface area contributed by atoms with Crippen LogP contribution in [-0.4, -0.2) is 19.2 Å². The number of carbonyl (C=O) groups excluding carboxylic acids is 1. The van der Waals surface area contributed by atoms with Gasteiger partial charge in [0.05, 0.1) is 19.1 Å². The Hall–Kier alpha value is -4.44. The zero-order valence-electron chi connectivity index (χ0n) is 20.3. The molecule has 0 saturated heterocycles. The molecule has 1 heterocycles. The molecule has 0 saturated carbocycles. The monoisotopic (exact) mass is 484 g/mol. The molecule has 0 radical (unpaired) electrons. The van der Waals surface area contributed by atoms with E-state index < -0.39 is 11.9 Å². The summed E-state index contributed by atoms with van der Waals surface area (Å²) >= 11 is 0. The molecule has 184 valence electrons. The van der Waals surface area contributed by atoms with Crippen molar-refractivity contribution >= 4 is 5.97 Å². The fourth-order valence-corrected chi connectivity index (χ4v) is 4.07. The largest absolute Gasteiger partial charge is 0.494 e. The number of benzene rings is 3. The minimum Gasteiger partial charge on any atom is -0.494 e. The van der Waals surface area contributed by atoms with E-state index >= 15 is 0 Å².